The lowest BCUT2D eigenvalue weighted by molar-refractivity contribution is 0.162. The van der Waals surface area contributed by atoms with Gasteiger partial charge in [0.05, 0.1) is 4.90 Å². The average Bonchev–Trinajstić information content (AvgIpc) is 3.37. The first-order chi connectivity index (χ1) is 24.6. The summed E-state index contributed by atoms with van der Waals surface area (Å²) in [6.07, 6.45) is 7.80. The Bertz CT molecular complexity index is 2290. The van der Waals surface area contributed by atoms with Crippen molar-refractivity contribution in [3.05, 3.63) is 99.1 Å². The molecule has 12 heteroatoms. The Balaban J connectivity index is 1.16. The second kappa shape index (κ2) is 11.2. The molecule has 0 aliphatic carbocycles. The van der Waals surface area contributed by atoms with Crippen LogP contribution in [0.3, 0.4) is 0 Å². The number of phenols is 1. The van der Waals surface area contributed by atoms with Gasteiger partial charge in [0.15, 0.2) is 5.60 Å². The van der Waals surface area contributed by atoms with Gasteiger partial charge in [0, 0.05) is 71.9 Å². The summed E-state index contributed by atoms with van der Waals surface area (Å²) in [5.41, 5.74) is 8.15. The maximum absolute atomic E-state index is 14.3. The van der Waals surface area contributed by atoms with Gasteiger partial charge in [-0.3, -0.25) is 0 Å². The van der Waals surface area contributed by atoms with Gasteiger partial charge in [0.25, 0.3) is 10.1 Å². The number of aromatic hydroxyl groups is 1. The first kappa shape index (κ1) is 31.6. The third kappa shape index (κ3) is 4.65. The summed E-state index contributed by atoms with van der Waals surface area (Å²) in [6, 6.07) is 15.2. The Labute approximate surface area is 298 Å². The number of anilines is 2. The number of benzene rings is 4. The first-order valence-electron chi connectivity index (χ1n) is 18.1. The molecule has 0 fully saturated rings. The topological polar surface area (TPSA) is 125 Å². The molecular formula is C39H39N3O7S2. The van der Waals surface area contributed by atoms with Gasteiger partial charge in [-0.1, -0.05) is 18.2 Å². The highest BCUT2D eigenvalue weighted by atomic mass is 32.2. The van der Waals surface area contributed by atoms with Crippen molar-refractivity contribution in [2.75, 3.05) is 42.5 Å². The number of aryl methyl sites for hydroxylation is 2. The predicted octanol–water partition coefficient (Wildman–Crippen LogP) is 5.43. The summed E-state index contributed by atoms with van der Waals surface area (Å²) < 4.78 is 72.1. The molecule has 6 heterocycles. The van der Waals surface area contributed by atoms with Gasteiger partial charge < -0.3 is 19.6 Å². The van der Waals surface area contributed by atoms with Crippen molar-refractivity contribution < 1.29 is 30.9 Å². The van der Waals surface area contributed by atoms with E-state index in [1.165, 1.54) is 34.6 Å². The summed E-state index contributed by atoms with van der Waals surface area (Å²) in [7, 11) is -8.49. The van der Waals surface area contributed by atoms with E-state index in [0.717, 1.165) is 94.2 Å². The van der Waals surface area contributed by atoms with Crippen LogP contribution in [0.2, 0.25) is 0 Å². The molecule has 0 aromatic heterocycles. The second-order valence-electron chi connectivity index (χ2n) is 14.7. The maximum Gasteiger partial charge on any atom is 0.298 e. The van der Waals surface area contributed by atoms with Crippen molar-refractivity contribution in [3.63, 3.8) is 0 Å². The summed E-state index contributed by atoms with van der Waals surface area (Å²) in [5.74, 6) is 1.51. The minimum absolute atomic E-state index is 0.102. The van der Waals surface area contributed by atoms with Gasteiger partial charge in [-0.15, -0.1) is 0 Å². The van der Waals surface area contributed by atoms with Crippen LogP contribution in [0.1, 0.15) is 70.2 Å². The van der Waals surface area contributed by atoms with Crippen LogP contribution in [0, 0.1) is 0 Å². The maximum atomic E-state index is 14.3. The fourth-order valence-electron chi connectivity index (χ4n) is 9.54. The van der Waals surface area contributed by atoms with Crippen LogP contribution < -0.4 is 19.3 Å². The molecular weight excluding hydrogens is 687 g/mol. The van der Waals surface area contributed by atoms with E-state index in [4.69, 9.17) is 8.92 Å². The zero-order valence-electron chi connectivity index (χ0n) is 28.2. The van der Waals surface area contributed by atoms with Crippen molar-refractivity contribution in [3.8, 4) is 17.2 Å². The molecule has 264 valence electrons. The van der Waals surface area contributed by atoms with E-state index in [2.05, 4.69) is 26.7 Å². The molecule has 4 aromatic rings. The SMILES string of the molecule is O=S(=O)(NCCc1ccc(O)cc1)c1ccc2c(c1)S(=O)(=O)OC21c2cc3c4c(c2Oc2c1cc1c5c2CCCN5CCC1)CCCN4CCC3. The second-order valence-corrected chi connectivity index (χ2v) is 17.9. The highest BCUT2D eigenvalue weighted by Crippen LogP contribution is 2.63. The number of hydrogen-bond acceptors (Lipinski definition) is 9. The predicted molar refractivity (Wildman–Crippen MR) is 192 cm³/mol. The van der Waals surface area contributed by atoms with Crippen LogP contribution in [0.15, 0.2) is 64.4 Å². The summed E-state index contributed by atoms with van der Waals surface area (Å²) in [4.78, 5) is 4.63. The van der Waals surface area contributed by atoms with E-state index in [1.807, 2.05) is 0 Å². The van der Waals surface area contributed by atoms with Gasteiger partial charge in [-0.05, 0) is 111 Å². The van der Waals surface area contributed by atoms with E-state index in [9.17, 15) is 21.9 Å². The Morgan fingerprint density at radius 3 is 1.90 bits per heavy atom. The highest BCUT2D eigenvalue weighted by Gasteiger charge is 2.58. The Morgan fingerprint density at radius 1 is 0.745 bits per heavy atom. The van der Waals surface area contributed by atoms with Crippen LogP contribution in [0.4, 0.5) is 11.4 Å². The van der Waals surface area contributed by atoms with Crippen molar-refractivity contribution in [1.82, 2.24) is 4.72 Å². The zero-order chi connectivity index (χ0) is 34.7. The molecule has 0 saturated carbocycles. The lowest BCUT2D eigenvalue weighted by Gasteiger charge is -2.45. The first-order valence-corrected chi connectivity index (χ1v) is 21.0. The molecule has 51 heavy (non-hydrogen) atoms. The van der Waals surface area contributed by atoms with Crippen LogP contribution in [-0.4, -0.2) is 54.7 Å². The Morgan fingerprint density at radius 2 is 1.31 bits per heavy atom. The van der Waals surface area contributed by atoms with Crippen LogP contribution in [0.5, 0.6) is 17.2 Å². The highest BCUT2D eigenvalue weighted by molar-refractivity contribution is 7.89. The minimum Gasteiger partial charge on any atom is -0.508 e. The number of hydrogen-bond donors (Lipinski definition) is 2. The quantitative estimate of drug-likeness (QED) is 0.259. The van der Waals surface area contributed by atoms with E-state index in [-0.39, 0.29) is 22.1 Å². The van der Waals surface area contributed by atoms with Gasteiger partial charge in [0.2, 0.25) is 10.0 Å². The van der Waals surface area contributed by atoms with E-state index >= 15 is 0 Å². The Kier molecular flexibility index (Phi) is 6.94. The van der Waals surface area contributed by atoms with Gasteiger partial charge in [-0.25, -0.2) is 17.3 Å². The molecule has 10 rings (SSSR count). The van der Waals surface area contributed by atoms with Gasteiger partial charge in [0.1, 0.15) is 22.1 Å². The van der Waals surface area contributed by atoms with E-state index in [1.54, 1.807) is 30.3 Å². The lowest BCUT2D eigenvalue weighted by Crippen LogP contribution is -2.40. The number of nitrogens with zero attached hydrogens (tertiary/aromatic N) is 2. The average molecular weight is 726 g/mol. The number of rotatable bonds is 5. The van der Waals surface area contributed by atoms with Gasteiger partial charge in [-0.2, -0.15) is 8.42 Å². The summed E-state index contributed by atoms with van der Waals surface area (Å²) in [5, 5.41) is 9.58. The number of phenolic OH excluding ortho intramolecular Hbond substituents is 1. The third-order valence-corrected chi connectivity index (χ3v) is 14.5. The molecule has 0 radical (unpaired) electrons. The number of sulfonamides is 1. The standard InChI is InChI=1S/C39H39N3O7S2/c43-27-11-9-24(10-12-27)15-16-40-50(44,45)28-13-14-31-34(23-28)51(46,47)49-39(31)32-21-25-5-1-17-41-19-3-7-29(35(25)41)37(32)48-38-30-8-4-20-42-18-2-6-26(36(30)42)22-33(38)39/h9-14,21-23,40,43H,1-8,15-20H2. The fraction of sp³-hybridized carbons (Fsp3) is 0.385. The van der Waals surface area contributed by atoms with E-state index in [0.29, 0.717) is 34.6 Å². The zero-order valence-corrected chi connectivity index (χ0v) is 29.8. The Hall–Kier alpha value is -4.10. The van der Waals surface area contributed by atoms with Crippen LogP contribution in [-0.2, 0) is 62.0 Å². The molecule has 0 saturated heterocycles. The fourth-order valence-corrected chi connectivity index (χ4v) is 12.1. The molecule has 1 spiro atoms. The molecule has 10 nitrogen and oxygen atoms in total. The monoisotopic (exact) mass is 725 g/mol. The van der Waals surface area contributed by atoms with Crippen LogP contribution >= 0.6 is 0 Å². The molecule has 6 aliphatic heterocycles. The molecule has 2 N–H and O–H groups in total. The number of nitrogens with one attached hydrogen (secondary N) is 1. The molecule has 4 aromatic carbocycles. The molecule has 0 unspecified atom stereocenters. The normalized spacial score (nSPS) is 20.2. The number of fused-ring (bicyclic) bond motifs is 8. The molecule has 6 aliphatic rings. The van der Waals surface area contributed by atoms with Crippen molar-refractivity contribution >= 4 is 31.5 Å². The van der Waals surface area contributed by atoms with Crippen molar-refractivity contribution in [1.29, 1.82) is 0 Å². The molecule has 0 amide bonds. The van der Waals surface area contributed by atoms with Gasteiger partial charge >= 0.3 is 0 Å². The van der Waals surface area contributed by atoms with Crippen molar-refractivity contribution in [2.45, 2.75) is 73.2 Å². The largest absolute Gasteiger partial charge is 0.508 e. The molecule has 0 atom stereocenters. The smallest absolute Gasteiger partial charge is 0.298 e. The number of ether oxygens (including phenoxy) is 1. The van der Waals surface area contributed by atoms with Crippen LogP contribution in [0.25, 0.3) is 0 Å². The lowest BCUT2D eigenvalue weighted by atomic mass is 9.73. The minimum atomic E-state index is -4.42. The summed E-state index contributed by atoms with van der Waals surface area (Å²) in [6.45, 7) is 4.06. The third-order valence-electron chi connectivity index (χ3n) is 11.7. The summed E-state index contributed by atoms with van der Waals surface area (Å²) >= 11 is 0. The van der Waals surface area contributed by atoms with E-state index < -0.39 is 25.7 Å². The molecule has 0 bridgehead atoms. The van der Waals surface area contributed by atoms with Crippen molar-refractivity contribution in [2.24, 2.45) is 0 Å².